The minimum atomic E-state index is 0.308. The highest BCUT2D eigenvalue weighted by Gasteiger charge is 1.85. The van der Waals surface area contributed by atoms with E-state index in [1.165, 1.54) is 6.20 Å². The number of hydrogen-bond donors (Lipinski definition) is 3. The zero-order valence-corrected chi connectivity index (χ0v) is 4.23. The molecule has 0 aromatic carbocycles. The van der Waals surface area contributed by atoms with Crippen LogP contribution in [0.2, 0.25) is 0 Å². The van der Waals surface area contributed by atoms with E-state index in [9.17, 15) is 0 Å². The van der Waals surface area contributed by atoms with Crippen LogP contribution in [-0.2, 0) is 0 Å². The van der Waals surface area contributed by atoms with Crippen molar-refractivity contribution in [3.05, 3.63) is 11.9 Å². The van der Waals surface area contributed by atoms with Crippen LogP contribution in [0.3, 0.4) is 0 Å². The third-order valence-corrected chi connectivity index (χ3v) is 0.613. The summed E-state index contributed by atoms with van der Waals surface area (Å²) >= 11 is 0. The second-order valence-electron chi connectivity index (χ2n) is 1.25. The van der Waals surface area contributed by atoms with Crippen LogP contribution in [0.25, 0.3) is 0 Å². The lowest BCUT2D eigenvalue weighted by Crippen LogP contribution is -2.08. The second kappa shape index (κ2) is 2.23. The molecule has 0 aromatic rings. The van der Waals surface area contributed by atoms with Crippen molar-refractivity contribution in [2.75, 3.05) is 0 Å². The molecule has 5 N–H and O–H groups in total. The number of hydrogen-bond acceptors (Lipinski definition) is 3. The highest BCUT2D eigenvalue weighted by Crippen LogP contribution is 1.78. The first kappa shape index (κ1) is 6.01. The van der Waals surface area contributed by atoms with Gasteiger partial charge in [0.15, 0.2) is 0 Å². The third-order valence-electron chi connectivity index (χ3n) is 0.613. The Morgan fingerprint density at radius 3 is 2.14 bits per heavy atom. The van der Waals surface area contributed by atoms with Gasteiger partial charge in [-0.25, -0.2) is 0 Å². The van der Waals surface area contributed by atoms with E-state index in [-0.39, 0.29) is 0 Å². The second-order valence-corrected chi connectivity index (χ2v) is 1.25. The Kier molecular flexibility index (Phi) is 1.91. The highest BCUT2D eigenvalue weighted by molar-refractivity contribution is 5.94. The standard InChI is InChI=1S/C4H9N3/c1-3(6)4(7)2-5/h2,6H,5,7H2,1H3/b4-2+,6-3?. The van der Waals surface area contributed by atoms with Crippen molar-refractivity contribution in [2.45, 2.75) is 6.92 Å². The fourth-order valence-electron chi connectivity index (χ4n) is 0.125. The average Bonchev–Trinajstić information content (AvgIpc) is 1.65. The quantitative estimate of drug-likeness (QED) is 0.398. The normalized spacial score (nSPS) is 11.3. The van der Waals surface area contributed by atoms with Crippen LogP contribution in [0.1, 0.15) is 6.92 Å². The first-order chi connectivity index (χ1) is 3.18. The van der Waals surface area contributed by atoms with Crippen LogP contribution in [0.5, 0.6) is 0 Å². The predicted molar refractivity (Wildman–Crippen MR) is 29.9 cm³/mol. The first-order valence-electron chi connectivity index (χ1n) is 1.91. The molecule has 7 heavy (non-hydrogen) atoms. The highest BCUT2D eigenvalue weighted by atomic mass is 14.7. The SMILES string of the molecule is CC(=N)/C(N)=C\N. The Morgan fingerprint density at radius 2 is 2.14 bits per heavy atom. The molecule has 0 aromatic heterocycles. The fourth-order valence-corrected chi connectivity index (χ4v) is 0.125. The van der Waals surface area contributed by atoms with Crippen LogP contribution in [0.4, 0.5) is 0 Å². The van der Waals surface area contributed by atoms with Crippen molar-refractivity contribution < 1.29 is 0 Å². The van der Waals surface area contributed by atoms with Crippen molar-refractivity contribution in [2.24, 2.45) is 11.5 Å². The van der Waals surface area contributed by atoms with Gasteiger partial charge in [-0.3, -0.25) is 0 Å². The van der Waals surface area contributed by atoms with Crippen molar-refractivity contribution in [1.82, 2.24) is 0 Å². The fraction of sp³-hybridized carbons (Fsp3) is 0.250. The van der Waals surface area contributed by atoms with Gasteiger partial charge in [-0.05, 0) is 6.92 Å². The zero-order chi connectivity index (χ0) is 5.86. The third kappa shape index (κ3) is 1.81. The average molecular weight is 99.1 g/mol. The molecule has 3 heteroatoms. The number of allylic oxidation sites excluding steroid dienone is 1. The Bertz CT molecular complexity index is 104. The maximum atomic E-state index is 6.83. The predicted octanol–water partition coefficient (Wildman–Crippen LogP) is -0.215. The van der Waals surface area contributed by atoms with Crippen molar-refractivity contribution in [3.63, 3.8) is 0 Å². The van der Waals surface area contributed by atoms with Crippen LogP contribution in [0.15, 0.2) is 11.9 Å². The van der Waals surface area contributed by atoms with E-state index < -0.39 is 0 Å². The molecule has 0 spiro atoms. The monoisotopic (exact) mass is 99.1 g/mol. The summed E-state index contributed by atoms with van der Waals surface area (Å²) in [5, 5.41) is 6.83. The molecule has 3 nitrogen and oxygen atoms in total. The van der Waals surface area contributed by atoms with Crippen LogP contribution in [0, 0.1) is 5.41 Å². The van der Waals surface area contributed by atoms with Crippen LogP contribution in [-0.4, -0.2) is 5.71 Å². The molecule has 0 aliphatic rings. The van der Waals surface area contributed by atoms with Gasteiger partial charge in [-0.2, -0.15) is 0 Å². The molecule has 0 amide bonds. The summed E-state index contributed by atoms with van der Waals surface area (Å²) in [6, 6.07) is 0. The van der Waals surface area contributed by atoms with Gasteiger partial charge >= 0.3 is 0 Å². The van der Waals surface area contributed by atoms with Crippen molar-refractivity contribution in [3.8, 4) is 0 Å². The number of rotatable bonds is 1. The Morgan fingerprint density at radius 1 is 1.71 bits per heavy atom. The summed E-state index contributed by atoms with van der Waals surface area (Å²) in [6.45, 7) is 1.58. The van der Waals surface area contributed by atoms with Gasteiger partial charge in [0.1, 0.15) is 0 Å². The molecule has 0 atom stereocenters. The summed E-state index contributed by atoms with van der Waals surface area (Å²) in [7, 11) is 0. The van der Waals surface area contributed by atoms with E-state index in [0.717, 1.165) is 0 Å². The smallest absolute Gasteiger partial charge is 0.0680 e. The molecule has 0 saturated heterocycles. The minimum absolute atomic E-state index is 0.308. The van der Waals surface area contributed by atoms with Gasteiger partial charge in [0, 0.05) is 6.20 Å². The van der Waals surface area contributed by atoms with Crippen molar-refractivity contribution in [1.29, 1.82) is 5.41 Å². The molecular weight excluding hydrogens is 90.1 g/mol. The van der Waals surface area contributed by atoms with Gasteiger partial charge in [-0.1, -0.05) is 0 Å². The summed E-state index contributed by atoms with van der Waals surface area (Å²) in [5.41, 5.74) is 10.7. The van der Waals surface area contributed by atoms with E-state index in [1.54, 1.807) is 6.92 Å². The van der Waals surface area contributed by atoms with E-state index in [1.807, 2.05) is 0 Å². The Labute approximate surface area is 42.5 Å². The molecule has 0 aliphatic carbocycles. The van der Waals surface area contributed by atoms with Gasteiger partial charge in [0.05, 0.1) is 11.4 Å². The topological polar surface area (TPSA) is 75.9 Å². The van der Waals surface area contributed by atoms with E-state index in [2.05, 4.69) is 0 Å². The molecule has 0 fully saturated rings. The van der Waals surface area contributed by atoms with Crippen molar-refractivity contribution >= 4 is 5.71 Å². The molecule has 0 aliphatic heterocycles. The van der Waals surface area contributed by atoms with Crippen LogP contribution >= 0.6 is 0 Å². The molecule has 40 valence electrons. The summed E-state index contributed by atoms with van der Waals surface area (Å²) < 4.78 is 0. The zero-order valence-electron chi connectivity index (χ0n) is 4.23. The van der Waals surface area contributed by atoms with Gasteiger partial charge in [0.25, 0.3) is 0 Å². The molecule has 0 heterocycles. The van der Waals surface area contributed by atoms with Gasteiger partial charge in [0.2, 0.25) is 0 Å². The molecule has 0 saturated carbocycles. The van der Waals surface area contributed by atoms with E-state index >= 15 is 0 Å². The lowest BCUT2D eigenvalue weighted by molar-refractivity contribution is 1.34. The van der Waals surface area contributed by atoms with Gasteiger partial charge < -0.3 is 16.9 Å². The number of nitrogens with two attached hydrogens (primary N) is 2. The summed E-state index contributed by atoms with van der Waals surface area (Å²) in [5.74, 6) is 0. The maximum Gasteiger partial charge on any atom is 0.0680 e. The molecule has 0 unspecified atom stereocenters. The van der Waals surface area contributed by atoms with E-state index in [4.69, 9.17) is 16.9 Å². The maximum absolute atomic E-state index is 6.83. The first-order valence-corrected chi connectivity index (χ1v) is 1.91. The van der Waals surface area contributed by atoms with E-state index in [0.29, 0.717) is 11.4 Å². The number of nitrogens with one attached hydrogen (secondary N) is 1. The molecule has 0 radical (unpaired) electrons. The molecule has 0 rings (SSSR count). The molecule has 0 bridgehead atoms. The van der Waals surface area contributed by atoms with Gasteiger partial charge in [-0.15, -0.1) is 0 Å². The Balaban J connectivity index is 3.82. The summed E-state index contributed by atoms with van der Waals surface area (Å²) in [4.78, 5) is 0. The summed E-state index contributed by atoms with van der Waals surface area (Å²) in [6.07, 6.45) is 1.21. The lowest BCUT2D eigenvalue weighted by Gasteiger charge is -1.90. The lowest BCUT2D eigenvalue weighted by atomic mass is 10.3. The minimum Gasteiger partial charge on any atom is -0.403 e. The van der Waals surface area contributed by atoms with Crippen LogP contribution < -0.4 is 11.5 Å². The molecular formula is C4H9N3. The largest absolute Gasteiger partial charge is 0.403 e. The Hall–Kier alpha value is -0.990.